The van der Waals surface area contributed by atoms with Gasteiger partial charge < -0.3 is 0 Å². The van der Waals surface area contributed by atoms with Gasteiger partial charge in [-0.25, -0.2) is 0 Å². The van der Waals surface area contributed by atoms with Gasteiger partial charge in [0.1, 0.15) is 0 Å². The average molecular weight is 220 g/mol. The topological polar surface area (TPSA) is 0 Å². The molecule has 0 fully saturated rings. The summed E-state index contributed by atoms with van der Waals surface area (Å²) >= 11 is 0. The second-order valence-corrected chi connectivity index (χ2v) is 4.69. The van der Waals surface area contributed by atoms with Crippen molar-refractivity contribution in [2.45, 2.75) is 19.8 Å². The van der Waals surface area contributed by atoms with Gasteiger partial charge in [0, 0.05) is 0 Å². The fourth-order valence-electron chi connectivity index (χ4n) is 2.45. The normalized spacial score (nSPS) is 13.5. The summed E-state index contributed by atoms with van der Waals surface area (Å²) in [6.45, 7) is 2.13. The highest BCUT2D eigenvalue weighted by Crippen LogP contribution is 2.30. The van der Waals surface area contributed by atoms with Crippen LogP contribution in [0.25, 0.3) is 17.2 Å². The van der Waals surface area contributed by atoms with Crippen molar-refractivity contribution in [1.82, 2.24) is 0 Å². The third kappa shape index (κ3) is 1.91. The Bertz CT molecular complexity index is 559. The molecule has 0 unspecified atom stereocenters. The maximum Gasteiger partial charge on any atom is -0.0109 e. The molecular weight excluding hydrogens is 204 g/mol. The molecule has 0 aliphatic heterocycles. The molecule has 0 atom stereocenters. The molecule has 0 bridgehead atoms. The summed E-state index contributed by atoms with van der Waals surface area (Å²) in [4.78, 5) is 0. The molecule has 84 valence electrons. The summed E-state index contributed by atoms with van der Waals surface area (Å²) in [5.74, 6) is 0. The predicted octanol–water partition coefficient (Wildman–Crippen LogP) is 4.62. The fourth-order valence-corrected chi connectivity index (χ4v) is 2.45. The van der Waals surface area contributed by atoms with E-state index in [0.717, 1.165) is 0 Å². The fraction of sp³-hybridized carbons (Fsp3) is 0.176. The Morgan fingerprint density at radius 2 is 1.76 bits per heavy atom. The lowest BCUT2D eigenvalue weighted by atomic mass is 9.90. The Morgan fingerprint density at radius 1 is 0.941 bits per heavy atom. The Hall–Kier alpha value is -1.82. The molecular formula is C17H16. The van der Waals surface area contributed by atoms with E-state index in [1.807, 2.05) is 0 Å². The molecule has 0 nitrogen and oxygen atoms in total. The van der Waals surface area contributed by atoms with E-state index >= 15 is 0 Å². The molecule has 0 amide bonds. The van der Waals surface area contributed by atoms with Gasteiger partial charge in [0.2, 0.25) is 0 Å². The van der Waals surface area contributed by atoms with Crippen molar-refractivity contribution in [2.24, 2.45) is 0 Å². The minimum Gasteiger partial charge on any atom is -0.0836 e. The van der Waals surface area contributed by atoms with Crippen LogP contribution in [0.4, 0.5) is 0 Å². The number of allylic oxidation sites excluding steroid dienone is 1. The lowest BCUT2D eigenvalue weighted by Crippen LogP contribution is -1.96. The third-order valence-corrected chi connectivity index (χ3v) is 3.42. The summed E-state index contributed by atoms with van der Waals surface area (Å²) < 4.78 is 0. The van der Waals surface area contributed by atoms with Crippen LogP contribution < -0.4 is 0 Å². The highest BCUT2D eigenvalue weighted by atomic mass is 14.1. The van der Waals surface area contributed by atoms with Gasteiger partial charge in [-0.05, 0) is 42.0 Å². The molecule has 0 aromatic heterocycles. The van der Waals surface area contributed by atoms with E-state index in [4.69, 9.17) is 0 Å². The molecule has 1 aliphatic carbocycles. The van der Waals surface area contributed by atoms with Crippen molar-refractivity contribution in [3.8, 4) is 11.1 Å². The molecule has 2 aromatic rings. The lowest BCUT2D eigenvalue weighted by molar-refractivity contribution is 0.986. The Morgan fingerprint density at radius 3 is 2.59 bits per heavy atom. The van der Waals surface area contributed by atoms with Crippen molar-refractivity contribution in [3.63, 3.8) is 0 Å². The molecule has 2 aromatic carbocycles. The number of fused-ring (bicyclic) bond motifs is 1. The second-order valence-electron chi connectivity index (χ2n) is 4.69. The second kappa shape index (κ2) is 4.21. The van der Waals surface area contributed by atoms with Crippen LogP contribution in [0.3, 0.4) is 0 Å². The Kier molecular flexibility index (Phi) is 2.56. The zero-order valence-corrected chi connectivity index (χ0v) is 10.1. The van der Waals surface area contributed by atoms with E-state index < -0.39 is 0 Å². The van der Waals surface area contributed by atoms with Gasteiger partial charge in [0.05, 0.1) is 0 Å². The third-order valence-electron chi connectivity index (χ3n) is 3.42. The number of hydrogen-bond acceptors (Lipinski definition) is 0. The molecule has 0 N–H and O–H groups in total. The average Bonchev–Trinajstić information content (AvgIpc) is 2.39. The molecule has 0 heterocycles. The lowest BCUT2D eigenvalue weighted by Gasteiger charge is -2.15. The monoisotopic (exact) mass is 220 g/mol. The first kappa shape index (κ1) is 10.3. The van der Waals surface area contributed by atoms with Gasteiger partial charge in [0.25, 0.3) is 0 Å². The van der Waals surface area contributed by atoms with Crippen LogP contribution in [0.5, 0.6) is 0 Å². The van der Waals surface area contributed by atoms with Gasteiger partial charge >= 0.3 is 0 Å². The van der Waals surface area contributed by atoms with Crippen LogP contribution in [0.2, 0.25) is 0 Å². The molecule has 0 radical (unpaired) electrons. The first-order valence-corrected chi connectivity index (χ1v) is 6.20. The largest absolute Gasteiger partial charge is 0.0836 e. The summed E-state index contributed by atoms with van der Waals surface area (Å²) in [6.07, 6.45) is 6.89. The van der Waals surface area contributed by atoms with Crippen LogP contribution in [0.1, 0.15) is 23.1 Å². The Balaban J connectivity index is 2.16. The van der Waals surface area contributed by atoms with E-state index in [1.54, 1.807) is 0 Å². The standard InChI is InChI=1S/C17H16/c1-13-9-11-15(12-10-13)17-8-4-6-14-5-2-3-7-16(14)17/h3-4,6-12H,2,5H2,1H3. The van der Waals surface area contributed by atoms with Crippen molar-refractivity contribution < 1.29 is 0 Å². The van der Waals surface area contributed by atoms with Crippen molar-refractivity contribution in [1.29, 1.82) is 0 Å². The molecule has 0 heteroatoms. The quantitative estimate of drug-likeness (QED) is 0.657. The molecule has 0 saturated heterocycles. The first-order chi connectivity index (χ1) is 8.34. The zero-order valence-electron chi connectivity index (χ0n) is 10.1. The Labute approximate surface area is 103 Å². The van der Waals surface area contributed by atoms with E-state index in [0.29, 0.717) is 0 Å². The summed E-state index contributed by atoms with van der Waals surface area (Å²) in [6, 6.07) is 15.4. The number of rotatable bonds is 1. The van der Waals surface area contributed by atoms with Gasteiger partial charge in [-0.2, -0.15) is 0 Å². The highest BCUT2D eigenvalue weighted by molar-refractivity contribution is 5.78. The zero-order chi connectivity index (χ0) is 11.7. The summed E-state index contributed by atoms with van der Waals surface area (Å²) in [5.41, 5.74) is 6.87. The van der Waals surface area contributed by atoms with Crippen molar-refractivity contribution >= 4 is 6.08 Å². The SMILES string of the molecule is Cc1ccc(-c2cccc3c2C=CCC3)cc1. The van der Waals surface area contributed by atoms with Crippen LogP contribution >= 0.6 is 0 Å². The number of hydrogen-bond donors (Lipinski definition) is 0. The predicted molar refractivity (Wildman–Crippen MR) is 74.0 cm³/mol. The maximum absolute atomic E-state index is 2.28. The molecule has 0 spiro atoms. The molecule has 3 rings (SSSR count). The minimum absolute atomic E-state index is 1.17. The number of benzene rings is 2. The summed E-state index contributed by atoms with van der Waals surface area (Å²) in [5, 5.41) is 0. The van der Waals surface area contributed by atoms with E-state index in [2.05, 4.69) is 61.5 Å². The summed E-state index contributed by atoms with van der Waals surface area (Å²) in [7, 11) is 0. The van der Waals surface area contributed by atoms with Crippen LogP contribution in [-0.2, 0) is 6.42 Å². The smallest absolute Gasteiger partial charge is 0.0109 e. The molecule has 1 aliphatic rings. The number of aryl methyl sites for hydroxylation is 2. The van der Waals surface area contributed by atoms with Crippen LogP contribution in [-0.4, -0.2) is 0 Å². The van der Waals surface area contributed by atoms with Gasteiger partial charge in [-0.1, -0.05) is 60.2 Å². The van der Waals surface area contributed by atoms with Crippen LogP contribution in [0, 0.1) is 6.92 Å². The maximum atomic E-state index is 2.28. The van der Waals surface area contributed by atoms with Gasteiger partial charge in [0.15, 0.2) is 0 Å². The van der Waals surface area contributed by atoms with Crippen LogP contribution in [0.15, 0.2) is 48.5 Å². The molecule has 0 saturated carbocycles. The van der Waals surface area contributed by atoms with Crippen molar-refractivity contribution in [3.05, 3.63) is 65.2 Å². The minimum atomic E-state index is 1.17. The van der Waals surface area contributed by atoms with E-state index in [-0.39, 0.29) is 0 Å². The van der Waals surface area contributed by atoms with Gasteiger partial charge in [-0.3, -0.25) is 0 Å². The van der Waals surface area contributed by atoms with E-state index in [9.17, 15) is 0 Å². The molecule has 17 heavy (non-hydrogen) atoms. The first-order valence-electron chi connectivity index (χ1n) is 6.20. The highest BCUT2D eigenvalue weighted by Gasteiger charge is 2.09. The van der Waals surface area contributed by atoms with E-state index in [1.165, 1.54) is 40.7 Å². The van der Waals surface area contributed by atoms with Gasteiger partial charge in [-0.15, -0.1) is 0 Å². The van der Waals surface area contributed by atoms with Crippen molar-refractivity contribution in [2.75, 3.05) is 0 Å².